The molecule has 0 aliphatic heterocycles. The molecule has 1 aliphatic rings. The van der Waals surface area contributed by atoms with Crippen LogP contribution in [0.15, 0.2) is 12.2 Å². The molecule has 96 valence electrons. The summed E-state index contributed by atoms with van der Waals surface area (Å²) in [7, 11) is 0. The van der Waals surface area contributed by atoms with Crippen LogP contribution in [-0.4, -0.2) is 34.2 Å². The number of amides is 1. The van der Waals surface area contributed by atoms with Crippen molar-refractivity contribution in [3.05, 3.63) is 12.2 Å². The van der Waals surface area contributed by atoms with Gasteiger partial charge in [0.15, 0.2) is 0 Å². The van der Waals surface area contributed by atoms with E-state index in [0.29, 0.717) is 12.8 Å². The van der Waals surface area contributed by atoms with Gasteiger partial charge in [0.1, 0.15) is 0 Å². The summed E-state index contributed by atoms with van der Waals surface area (Å²) in [5.74, 6) is -2.48. The van der Waals surface area contributed by atoms with Gasteiger partial charge in [0.05, 0.1) is 24.0 Å². The van der Waals surface area contributed by atoms with Gasteiger partial charge in [-0.15, -0.1) is 0 Å². The molecule has 1 rings (SSSR count). The fourth-order valence-corrected chi connectivity index (χ4v) is 1.84. The van der Waals surface area contributed by atoms with Crippen molar-refractivity contribution in [2.45, 2.75) is 32.2 Å². The fourth-order valence-electron chi connectivity index (χ4n) is 1.84. The smallest absolute Gasteiger partial charge is 0.307 e. The van der Waals surface area contributed by atoms with Crippen LogP contribution in [0.25, 0.3) is 0 Å². The minimum atomic E-state index is -0.948. The number of carboxylic acid groups (broad SMARTS) is 1. The van der Waals surface area contributed by atoms with E-state index in [1.165, 1.54) is 0 Å². The third-order valence-corrected chi connectivity index (χ3v) is 2.94. The molecule has 0 bridgehead atoms. The molecular weight excluding hydrogens is 222 g/mol. The molecule has 1 amide bonds. The molecule has 0 aromatic rings. The van der Waals surface area contributed by atoms with Crippen molar-refractivity contribution in [2.24, 2.45) is 11.8 Å². The van der Waals surface area contributed by atoms with Crippen molar-refractivity contribution in [3.8, 4) is 0 Å². The molecule has 0 saturated carbocycles. The number of allylic oxidation sites excluding steroid dienone is 2. The molecule has 0 heterocycles. The van der Waals surface area contributed by atoms with Gasteiger partial charge < -0.3 is 15.5 Å². The predicted octanol–water partition coefficient (Wildman–Crippen LogP) is 0.541. The second kappa shape index (κ2) is 5.31. The molecule has 0 aromatic heterocycles. The molecule has 0 aromatic carbocycles. The number of nitrogens with one attached hydrogen (secondary N) is 1. The van der Waals surface area contributed by atoms with E-state index in [-0.39, 0.29) is 12.5 Å². The van der Waals surface area contributed by atoms with Crippen LogP contribution in [0.4, 0.5) is 0 Å². The molecule has 5 heteroatoms. The first-order valence-electron chi connectivity index (χ1n) is 5.68. The van der Waals surface area contributed by atoms with Gasteiger partial charge in [-0.1, -0.05) is 12.2 Å². The fraction of sp³-hybridized carbons (Fsp3) is 0.667. The molecule has 17 heavy (non-hydrogen) atoms. The first kappa shape index (κ1) is 13.7. The SMILES string of the molecule is CC(C)(CO)NC(=O)[C@@H]1CC=CC[C@@H]1C(=O)O. The maximum atomic E-state index is 12.0. The highest BCUT2D eigenvalue weighted by atomic mass is 16.4. The zero-order valence-corrected chi connectivity index (χ0v) is 10.1. The van der Waals surface area contributed by atoms with Crippen molar-refractivity contribution in [1.29, 1.82) is 0 Å². The van der Waals surface area contributed by atoms with Gasteiger partial charge >= 0.3 is 5.97 Å². The van der Waals surface area contributed by atoms with E-state index in [4.69, 9.17) is 10.2 Å². The van der Waals surface area contributed by atoms with Gasteiger partial charge in [0.2, 0.25) is 5.91 Å². The highest BCUT2D eigenvalue weighted by molar-refractivity contribution is 5.85. The zero-order chi connectivity index (χ0) is 13.1. The van der Waals surface area contributed by atoms with Gasteiger partial charge in [0.25, 0.3) is 0 Å². The number of aliphatic hydroxyl groups excluding tert-OH is 1. The van der Waals surface area contributed by atoms with E-state index < -0.39 is 23.3 Å². The Hall–Kier alpha value is -1.36. The second-order valence-corrected chi connectivity index (χ2v) is 5.03. The lowest BCUT2D eigenvalue weighted by Crippen LogP contribution is -2.50. The van der Waals surface area contributed by atoms with Crippen LogP contribution in [0.5, 0.6) is 0 Å². The van der Waals surface area contributed by atoms with Crippen molar-refractivity contribution in [1.82, 2.24) is 5.32 Å². The van der Waals surface area contributed by atoms with E-state index in [1.807, 2.05) is 6.08 Å². The van der Waals surface area contributed by atoms with Crippen molar-refractivity contribution in [3.63, 3.8) is 0 Å². The lowest BCUT2D eigenvalue weighted by atomic mass is 9.82. The minimum Gasteiger partial charge on any atom is -0.481 e. The van der Waals surface area contributed by atoms with Crippen LogP contribution in [0.1, 0.15) is 26.7 Å². The molecule has 1 aliphatic carbocycles. The lowest BCUT2D eigenvalue weighted by Gasteiger charge is -2.30. The Morgan fingerprint density at radius 3 is 2.29 bits per heavy atom. The molecule has 0 unspecified atom stereocenters. The van der Waals surface area contributed by atoms with Crippen LogP contribution < -0.4 is 5.32 Å². The van der Waals surface area contributed by atoms with Gasteiger partial charge in [-0.2, -0.15) is 0 Å². The van der Waals surface area contributed by atoms with Crippen molar-refractivity contribution in [2.75, 3.05) is 6.61 Å². The molecule has 0 radical (unpaired) electrons. The largest absolute Gasteiger partial charge is 0.481 e. The Morgan fingerprint density at radius 2 is 1.82 bits per heavy atom. The molecule has 2 atom stereocenters. The Morgan fingerprint density at radius 1 is 1.29 bits per heavy atom. The summed E-state index contributed by atoms with van der Waals surface area (Å²) in [4.78, 5) is 23.0. The highest BCUT2D eigenvalue weighted by Crippen LogP contribution is 2.26. The van der Waals surface area contributed by atoms with E-state index >= 15 is 0 Å². The summed E-state index contributed by atoms with van der Waals surface area (Å²) in [5, 5.41) is 20.8. The first-order valence-corrected chi connectivity index (χ1v) is 5.68. The van der Waals surface area contributed by atoms with Crippen LogP contribution >= 0.6 is 0 Å². The first-order chi connectivity index (χ1) is 7.87. The van der Waals surface area contributed by atoms with Crippen LogP contribution in [0.2, 0.25) is 0 Å². The summed E-state index contributed by atoms with van der Waals surface area (Å²) in [5.41, 5.74) is -0.721. The average Bonchev–Trinajstić information content (AvgIpc) is 2.28. The second-order valence-electron chi connectivity index (χ2n) is 5.03. The van der Waals surface area contributed by atoms with Crippen molar-refractivity contribution >= 4 is 11.9 Å². The Kier molecular flexibility index (Phi) is 4.28. The molecule has 5 nitrogen and oxygen atoms in total. The third-order valence-electron chi connectivity index (χ3n) is 2.94. The molecule has 0 saturated heterocycles. The number of hydrogen-bond acceptors (Lipinski definition) is 3. The van der Waals surface area contributed by atoms with Gasteiger partial charge in [-0.3, -0.25) is 9.59 Å². The predicted molar refractivity (Wildman–Crippen MR) is 62.3 cm³/mol. The maximum Gasteiger partial charge on any atom is 0.307 e. The summed E-state index contributed by atoms with van der Waals surface area (Å²) >= 11 is 0. The summed E-state index contributed by atoms with van der Waals surface area (Å²) in [6, 6.07) is 0. The van der Waals surface area contributed by atoms with Crippen LogP contribution in [-0.2, 0) is 9.59 Å². The Bertz CT molecular complexity index is 335. The summed E-state index contributed by atoms with van der Waals surface area (Å²) < 4.78 is 0. The summed E-state index contributed by atoms with van der Waals surface area (Å²) in [6.07, 6.45) is 4.44. The molecule has 0 fully saturated rings. The molecule has 3 N–H and O–H groups in total. The van der Waals surface area contributed by atoms with Gasteiger partial charge in [-0.05, 0) is 26.7 Å². The lowest BCUT2D eigenvalue weighted by molar-refractivity contribution is -0.147. The number of carbonyl (C=O) groups is 2. The number of carboxylic acids is 1. The normalized spacial score (nSPS) is 24.4. The zero-order valence-electron chi connectivity index (χ0n) is 10.1. The topological polar surface area (TPSA) is 86.6 Å². The van der Waals surface area contributed by atoms with E-state index in [9.17, 15) is 9.59 Å². The van der Waals surface area contributed by atoms with E-state index in [1.54, 1.807) is 19.9 Å². The molecule has 0 spiro atoms. The number of hydrogen-bond donors (Lipinski definition) is 3. The van der Waals surface area contributed by atoms with Gasteiger partial charge in [0, 0.05) is 0 Å². The number of aliphatic carboxylic acids is 1. The number of rotatable bonds is 4. The molecular formula is C12H19NO4. The Balaban J connectivity index is 2.73. The number of carbonyl (C=O) groups excluding carboxylic acids is 1. The quantitative estimate of drug-likeness (QED) is 0.627. The monoisotopic (exact) mass is 241 g/mol. The Labute approximate surface area is 101 Å². The standard InChI is InChI=1S/C12H19NO4/c1-12(2,7-14)13-10(15)8-5-3-4-6-9(8)11(16)17/h3-4,8-9,14H,5-7H2,1-2H3,(H,13,15)(H,16,17)/t8-,9+/m1/s1. The average molecular weight is 241 g/mol. The van der Waals surface area contributed by atoms with Crippen LogP contribution in [0, 0.1) is 11.8 Å². The van der Waals surface area contributed by atoms with Gasteiger partial charge in [-0.25, -0.2) is 0 Å². The van der Waals surface area contributed by atoms with E-state index in [0.717, 1.165) is 0 Å². The van der Waals surface area contributed by atoms with E-state index in [2.05, 4.69) is 5.32 Å². The number of aliphatic hydroxyl groups is 1. The maximum absolute atomic E-state index is 12.0. The summed E-state index contributed by atoms with van der Waals surface area (Å²) in [6.45, 7) is 3.21. The van der Waals surface area contributed by atoms with Crippen LogP contribution in [0.3, 0.4) is 0 Å². The highest BCUT2D eigenvalue weighted by Gasteiger charge is 2.35. The third kappa shape index (κ3) is 3.56. The van der Waals surface area contributed by atoms with Crippen molar-refractivity contribution < 1.29 is 19.8 Å². The minimum absolute atomic E-state index is 0.182.